The second-order valence-corrected chi connectivity index (χ2v) is 5.22. The lowest BCUT2D eigenvalue weighted by atomic mass is 9.94. The van der Waals surface area contributed by atoms with Crippen LogP contribution in [0.5, 0.6) is 0 Å². The Morgan fingerprint density at radius 3 is 2.91 bits per heavy atom. The van der Waals surface area contributed by atoms with Crippen molar-refractivity contribution in [2.24, 2.45) is 0 Å². The summed E-state index contributed by atoms with van der Waals surface area (Å²) in [5, 5.41) is 17.3. The van der Waals surface area contributed by atoms with Crippen molar-refractivity contribution in [1.29, 1.82) is 0 Å². The van der Waals surface area contributed by atoms with Crippen LogP contribution in [0.1, 0.15) is 27.7 Å². The highest BCUT2D eigenvalue weighted by molar-refractivity contribution is 5.91. The number of anilines is 1. The molecular weight excluding hydrogens is 278 g/mol. The minimum Gasteiger partial charge on any atom is -0.367 e. The summed E-state index contributed by atoms with van der Waals surface area (Å²) in [6, 6.07) is 12.2. The molecule has 0 fully saturated rings. The quantitative estimate of drug-likeness (QED) is 0.788. The van der Waals surface area contributed by atoms with E-state index in [-0.39, 0.29) is 11.9 Å². The lowest BCUT2D eigenvalue weighted by Gasteiger charge is -2.27. The molecule has 6 nitrogen and oxygen atoms in total. The van der Waals surface area contributed by atoms with Gasteiger partial charge in [-0.2, -0.15) is 0 Å². The molecule has 6 heteroatoms. The Kier molecular flexibility index (Phi) is 4.29. The van der Waals surface area contributed by atoms with Crippen molar-refractivity contribution in [3.8, 4) is 0 Å². The molecule has 0 saturated heterocycles. The molecule has 1 unspecified atom stereocenters. The Hall–Kier alpha value is -2.47. The van der Waals surface area contributed by atoms with Gasteiger partial charge in [-0.15, -0.1) is 10.2 Å². The molecule has 22 heavy (non-hydrogen) atoms. The Morgan fingerprint density at radius 1 is 1.27 bits per heavy atom. The summed E-state index contributed by atoms with van der Waals surface area (Å²) in [6.45, 7) is 1.70. The molecule has 0 bridgehead atoms. The first-order valence-corrected chi connectivity index (χ1v) is 7.39. The second kappa shape index (κ2) is 6.53. The average molecular weight is 297 g/mol. The molecule has 1 aromatic carbocycles. The molecule has 1 aromatic heterocycles. The molecule has 2 aromatic rings. The van der Waals surface area contributed by atoms with Crippen LogP contribution >= 0.6 is 0 Å². The van der Waals surface area contributed by atoms with Gasteiger partial charge in [-0.3, -0.25) is 4.79 Å². The molecule has 1 atom stereocenters. The van der Waals surface area contributed by atoms with Crippen LogP contribution in [-0.4, -0.2) is 36.2 Å². The van der Waals surface area contributed by atoms with E-state index in [4.69, 9.17) is 0 Å². The van der Waals surface area contributed by atoms with Gasteiger partial charge in [-0.25, -0.2) is 0 Å². The van der Waals surface area contributed by atoms with Crippen LogP contribution in [0.3, 0.4) is 0 Å². The van der Waals surface area contributed by atoms with Gasteiger partial charge in [0.05, 0.1) is 0 Å². The molecule has 3 N–H and O–H groups in total. The Balaban J connectivity index is 1.65. The summed E-state index contributed by atoms with van der Waals surface area (Å²) in [5.74, 6) is 0.430. The second-order valence-electron chi connectivity index (χ2n) is 5.22. The minimum absolute atomic E-state index is 0.234. The fourth-order valence-corrected chi connectivity index (χ4v) is 2.66. The van der Waals surface area contributed by atoms with Crippen molar-refractivity contribution in [1.82, 2.24) is 20.8 Å². The maximum Gasteiger partial charge on any atom is 0.271 e. The van der Waals surface area contributed by atoms with Crippen LogP contribution < -0.4 is 16.0 Å². The zero-order valence-electron chi connectivity index (χ0n) is 12.5. The lowest BCUT2D eigenvalue weighted by molar-refractivity contribution is 0.0957. The first-order valence-electron chi connectivity index (χ1n) is 7.39. The third-order valence-corrected chi connectivity index (χ3v) is 3.83. The first kappa shape index (κ1) is 14.5. The maximum absolute atomic E-state index is 11.4. The zero-order chi connectivity index (χ0) is 15.4. The normalized spacial score (nSPS) is 16.7. The fraction of sp³-hybridized carbons (Fsp3) is 0.312. The van der Waals surface area contributed by atoms with Crippen LogP contribution in [-0.2, 0) is 6.42 Å². The Labute approximate surface area is 129 Å². The number of aromatic nitrogens is 2. The van der Waals surface area contributed by atoms with Crippen molar-refractivity contribution in [3.63, 3.8) is 0 Å². The molecular formula is C16H19N5O. The van der Waals surface area contributed by atoms with Gasteiger partial charge < -0.3 is 16.0 Å². The van der Waals surface area contributed by atoms with Gasteiger partial charge in [0.15, 0.2) is 5.69 Å². The molecule has 0 saturated carbocycles. The van der Waals surface area contributed by atoms with E-state index >= 15 is 0 Å². The smallest absolute Gasteiger partial charge is 0.271 e. The SMILES string of the molecule is CNC(=O)c1ccc(NCC2NCCc3ccccc32)nn1. The van der Waals surface area contributed by atoms with Gasteiger partial charge in [0.25, 0.3) is 5.91 Å². The molecule has 0 spiro atoms. The third kappa shape index (κ3) is 3.07. The fourth-order valence-electron chi connectivity index (χ4n) is 2.66. The standard InChI is InChI=1S/C16H19N5O/c1-17-16(22)13-6-7-15(21-20-13)19-10-14-12-5-3-2-4-11(12)8-9-18-14/h2-7,14,18H,8-10H2,1H3,(H,17,22)(H,19,21). The highest BCUT2D eigenvalue weighted by Gasteiger charge is 2.18. The van der Waals surface area contributed by atoms with E-state index in [0.29, 0.717) is 11.5 Å². The van der Waals surface area contributed by atoms with Gasteiger partial charge in [-0.1, -0.05) is 24.3 Å². The number of nitrogens with one attached hydrogen (secondary N) is 3. The maximum atomic E-state index is 11.4. The highest BCUT2D eigenvalue weighted by Crippen LogP contribution is 2.22. The predicted octanol–water partition coefficient (Wildman–Crippen LogP) is 1.14. The molecule has 1 amide bonds. The number of nitrogens with zero attached hydrogens (tertiary/aromatic N) is 2. The van der Waals surface area contributed by atoms with Gasteiger partial charge in [0, 0.05) is 19.6 Å². The molecule has 0 aliphatic carbocycles. The van der Waals surface area contributed by atoms with Crippen molar-refractivity contribution in [2.45, 2.75) is 12.5 Å². The number of amides is 1. The van der Waals surface area contributed by atoms with E-state index < -0.39 is 0 Å². The van der Waals surface area contributed by atoms with Gasteiger partial charge in [0.2, 0.25) is 0 Å². The summed E-state index contributed by atoms with van der Waals surface area (Å²) in [6.07, 6.45) is 1.06. The topological polar surface area (TPSA) is 78.9 Å². The van der Waals surface area contributed by atoms with Crippen molar-refractivity contribution in [2.75, 3.05) is 25.5 Å². The number of hydrogen-bond donors (Lipinski definition) is 3. The number of hydrogen-bond acceptors (Lipinski definition) is 5. The minimum atomic E-state index is -0.234. The number of carbonyl (C=O) groups is 1. The van der Waals surface area contributed by atoms with Crippen LogP contribution in [0.15, 0.2) is 36.4 Å². The number of benzene rings is 1. The van der Waals surface area contributed by atoms with E-state index in [9.17, 15) is 4.79 Å². The van der Waals surface area contributed by atoms with Crippen molar-refractivity contribution in [3.05, 3.63) is 53.2 Å². The van der Waals surface area contributed by atoms with Gasteiger partial charge in [0.1, 0.15) is 5.82 Å². The third-order valence-electron chi connectivity index (χ3n) is 3.83. The first-order chi connectivity index (χ1) is 10.8. The van der Waals surface area contributed by atoms with Crippen molar-refractivity contribution >= 4 is 11.7 Å². The van der Waals surface area contributed by atoms with Crippen LogP contribution in [0.4, 0.5) is 5.82 Å². The molecule has 114 valence electrons. The van der Waals surface area contributed by atoms with Gasteiger partial charge in [-0.05, 0) is 36.2 Å². The van der Waals surface area contributed by atoms with E-state index in [2.05, 4.69) is 50.4 Å². The van der Waals surface area contributed by atoms with E-state index in [1.807, 2.05) is 0 Å². The molecule has 0 radical (unpaired) electrons. The number of rotatable bonds is 4. The van der Waals surface area contributed by atoms with Crippen molar-refractivity contribution < 1.29 is 4.79 Å². The zero-order valence-corrected chi connectivity index (χ0v) is 12.5. The van der Waals surface area contributed by atoms with Gasteiger partial charge >= 0.3 is 0 Å². The van der Waals surface area contributed by atoms with E-state index in [1.165, 1.54) is 11.1 Å². The largest absolute Gasteiger partial charge is 0.367 e. The molecule has 1 aliphatic rings. The van der Waals surface area contributed by atoms with Crippen LogP contribution in [0.25, 0.3) is 0 Å². The summed E-state index contributed by atoms with van der Waals surface area (Å²) >= 11 is 0. The van der Waals surface area contributed by atoms with E-state index in [1.54, 1.807) is 19.2 Å². The molecule has 2 heterocycles. The summed E-state index contributed by atoms with van der Waals surface area (Å²) in [7, 11) is 1.57. The summed E-state index contributed by atoms with van der Waals surface area (Å²) in [4.78, 5) is 11.4. The highest BCUT2D eigenvalue weighted by atomic mass is 16.1. The lowest BCUT2D eigenvalue weighted by Crippen LogP contribution is -2.34. The van der Waals surface area contributed by atoms with E-state index in [0.717, 1.165) is 19.5 Å². The number of fused-ring (bicyclic) bond motifs is 1. The Bertz CT molecular complexity index is 656. The Morgan fingerprint density at radius 2 is 2.14 bits per heavy atom. The van der Waals surface area contributed by atoms with Crippen LogP contribution in [0, 0.1) is 0 Å². The summed E-state index contributed by atoms with van der Waals surface area (Å²) in [5.41, 5.74) is 3.04. The molecule has 1 aliphatic heterocycles. The average Bonchev–Trinajstić information content (AvgIpc) is 2.59. The predicted molar refractivity (Wildman–Crippen MR) is 84.8 cm³/mol. The summed E-state index contributed by atoms with van der Waals surface area (Å²) < 4.78 is 0. The molecule has 3 rings (SSSR count). The van der Waals surface area contributed by atoms with Crippen LogP contribution in [0.2, 0.25) is 0 Å². The number of carbonyl (C=O) groups excluding carboxylic acids is 1. The monoisotopic (exact) mass is 297 g/mol.